The number of carbonyl (C=O) groups excluding carboxylic acids is 1. The molecule has 0 bridgehead atoms. The van der Waals surface area contributed by atoms with E-state index in [9.17, 15) is 4.79 Å². The standard InChI is InChI=1S/C17H24N2O2/c1-4-17(5-2,12-18)16(20)19(3)11-14-10-13-8-6-7-9-15(13)21-14/h6-10H,4-5,11-12,18H2,1-3H3. The van der Waals surface area contributed by atoms with Crippen molar-refractivity contribution >= 4 is 16.9 Å². The highest BCUT2D eigenvalue weighted by atomic mass is 16.3. The Hall–Kier alpha value is -1.81. The minimum absolute atomic E-state index is 0.0930. The molecule has 0 radical (unpaired) electrons. The van der Waals surface area contributed by atoms with Crippen LogP contribution in [0.4, 0.5) is 0 Å². The van der Waals surface area contributed by atoms with Gasteiger partial charge >= 0.3 is 0 Å². The quantitative estimate of drug-likeness (QED) is 0.888. The SMILES string of the molecule is CCC(CC)(CN)C(=O)N(C)Cc1cc2ccccc2o1. The Kier molecular flexibility index (Phi) is 4.68. The molecule has 0 aliphatic rings. The highest BCUT2D eigenvalue weighted by molar-refractivity contribution is 5.83. The van der Waals surface area contributed by atoms with Crippen LogP contribution in [0.1, 0.15) is 32.4 Å². The van der Waals surface area contributed by atoms with E-state index in [0.717, 1.165) is 29.6 Å². The van der Waals surface area contributed by atoms with Crippen LogP contribution in [-0.2, 0) is 11.3 Å². The molecule has 1 aromatic heterocycles. The van der Waals surface area contributed by atoms with E-state index in [0.29, 0.717) is 13.1 Å². The topological polar surface area (TPSA) is 59.5 Å². The van der Waals surface area contributed by atoms with E-state index in [-0.39, 0.29) is 5.91 Å². The molecular weight excluding hydrogens is 264 g/mol. The van der Waals surface area contributed by atoms with Crippen LogP contribution in [0.15, 0.2) is 34.7 Å². The lowest BCUT2D eigenvalue weighted by Gasteiger charge is -2.32. The third kappa shape index (κ3) is 2.95. The summed E-state index contributed by atoms with van der Waals surface area (Å²) in [7, 11) is 1.81. The smallest absolute Gasteiger partial charge is 0.230 e. The summed E-state index contributed by atoms with van der Waals surface area (Å²) in [4.78, 5) is 14.4. The molecule has 0 saturated carbocycles. The summed E-state index contributed by atoms with van der Waals surface area (Å²) in [5.41, 5.74) is 6.24. The molecule has 2 N–H and O–H groups in total. The fourth-order valence-electron chi connectivity index (χ4n) is 2.75. The lowest BCUT2D eigenvalue weighted by Crippen LogP contribution is -2.45. The molecule has 114 valence electrons. The number of nitrogens with two attached hydrogens (primary N) is 1. The van der Waals surface area contributed by atoms with Gasteiger partial charge in [0.2, 0.25) is 5.91 Å². The van der Waals surface area contributed by atoms with E-state index < -0.39 is 5.41 Å². The summed E-state index contributed by atoms with van der Waals surface area (Å²) >= 11 is 0. The zero-order chi connectivity index (χ0) is 15.5. The average molecular weight is 288 g/mol. The molecule has 1 heterocycles. The van der Waals surface area contributed by atoms with Crippen molar-refractivity contribution in [1.82, 2.24) is 4.90 Å². The molecule has 2 aromatic rings. The minimum atomic E-state index is -0.458. The van der Waals surface area contributed by atoms with Crippen molar-refractivity contribution in [2.24, 2.45) is 11.1 Å². The van der Waals surface area contributed by atoms with E-state index in [4.69, 9.17) is 10.2 Å². The zero-order valence-corrected chi connectivity index (χ0v) is 13.1. The van der Waals surface area contributed by atoms with E-state index in [2.05, 4.69) is 0 Å². The van der Waals surface area contributed by atoms with E-state index in [1.54, 1.807) is 4.90 Å². The first kappa shape index (κ1) is 15.6. The van der Waals surface area contributed by atoms with Gasteiger partial charge in [0.25, 0.3) is 0 Å². The number of carbonyl (C=O) groups is 1. The second kappa shape index (κ2) is 6.31. The molecule has 0 spiro atoms. The fourth-order valence-corrected chi connectivity index (χ4v) is 2.75. The third-order valence-corrected chi connectivity index (χ3v) is 4.41. The van der Waals surface area contributed by atoms with Crippen molar-refractivity contribution in [3.8, 4) is 0 Å². The summed E-state index contributed by atoms with van der Waals surface area (Å²) < 4.78 is 5.78. The van der Waals surface area contributed by atoms with Gasteiger partial charge in [-0.2, -0.15) is 0 Å². The van der Waals surface area contributed by atoms with Crippen LogP contribution in [0, 0.1) is 5.41 Å². The highest BCUT2D eigenvalue weighted by Crippen LogP contribution is 2.28. The summed E-state index contributed by atoms with van der Waals surface area (Å²) in [6, 6.07) is 9.85. The summed E-state index contributed by atoms with van der Waals surface area (Å²) in [5, 5.41) is 1.06. The van der Waals surface area contributed by atoms with Crippen molar-refractivity contribution in [2.45, 2.75) is 33.2 Å². The molecule has 21 heavy (non-hydrogen) atoms. The molecule has 0 aliphatic heterocycles. The van der Waals surface area contributed by atoms with E-state index in [1.807, 2.05) is 51.2 Å². The third-order valence-electron chi connectivity index (χ3n) is 4.41. The predicted molar refractivity (Wildman–Crippen MR) is 84.8 cm³/mol. The Balaban J connectivity index is 2.16. The molecule has 4 heteroatoms. The Morgan fingerprint density at radius 3 is 2.52 bits per heavy atom. The minimum Gasteiger partial charge on any atom is -0.459 e. The van der Waals surface area contributed by atoms with Gasteiger partial charge in [-0.15, -0.1) is 0 Å². The van der Waals surface area contributed by atoms with Gasteiger partial charge in [0, 0.05) is 19.0 Å². The monoisotopic (exact) mass is 288 g/mol. The number of benzene rings is 1. The Morgan fingerprint density at radius 2 is 1.95 bits per heavy atom. The van der Waals surface area contributed by atoms with Gasteiger partial charge in [-0.1, -0.05) is 32.0 Å². The molecule has 0 unspecified atom stereocenters. The van der Waals surface area contributed by atoms with Gasteiger partial charge in [-0.05, 0) is 25.0 Å². The average Bonchev–Trinajstić information content (AvgIpc) is 2.91. The highest BCUT2D eigenvalue weighted by Gasteiger charge is 2.35. The van der Waals surface area contributed by atoms with Gasteiger partial charge < -0.3 is 15.1 Å². The van der Waals surface area contributed by atoms with Crippen LogP contribution in [0.5, 0.6) is 0 Å². The van der Waals surface area contributed by atoms with Gasteiger partial charge in [0.15, 0.2) is 0 Å². The zero-order valence-electron chi connectivity index (χ0n) is 13.1. The molecule has 4 nitrogen and oxygen atoms in total. The number of furan rings is 1. The number of fused-ring (bicyclic) bond motifs is 1. The van der Waals surface area contributed by atoms with Gasteiger partial charge in [-0.3, -0.25) is 4.79 Å². The van der Waals surface area contributed by atoms with Crippen LogP contribution in [0.2, 0.25) is 0 Å². The Bertz CT molecular complexity index is 573. The number of rotatable bonds is 6. The first-order chi connectivity index (χ1) is 10.1. The molecule has 0 saturated heterocycles. The maximum atomic E-state index is 12.7. The molecule has 0 aliphatic carbocycles. The van der Waals surface area contributed by atoms with Crippen molar-refractivity contribution in [3.05, 3.63) is 36.1 Å². The van der Waals surface area contributed by atoms with Crippen LogP contribution in [0.25, 0.3) is 11.0 Å². The van der Waals surface area contributed by atoms with Crippen LogP contribution < -0.4 is 5.73 Å². The largest absolute Gasteiger partial charge is 0.459 e. The predicted octanol–water partition coefficient (Wildman–Crippen LogP) is 3.16. The van der Waals surface area contributed by atoms with E-state index >= 15 is 0 Å². The van der Waals surface area contributed by atoms with Crippen LogP contribution in [0.3, 0.4) is 0 Å². The summed E-state index contributed by atoms with van der Waals surface area (Å²) in [6.45, 7) is 4.88. The number of para-hydroxylation sites is 1. The first-order valence-electron chi connectivity index (χ1n) is 7.49. The fraction of sp³-hybridized carbons (Fsp3) is 0.471. The number of hydrogen-bond donors (Lipinski definition) is 1. The second-order valence-corrected chi connectivity index (χ2v) is 5.60. The molecule has 0 atom stereocenters. The molecule has 1 aromatic carbocycles. The van der Waals surface area contributed by atoms with Crippen LogP contribution >= 0.6 is 0 Å². The van der Waals surface area contributed by atoms with Crippen molar-refractivity contribution in [3.63, 3.8) is 0 Å². The summed E-state index contributed by atoms with van der Waals surface area (Å²) in [5.74, 6) is 0.889. The van der Waals surface area contributed by atoms with Gasteiger partial charge in [0.1, 0.15) is 11.3 Å². The van der Waals surface area contributed by atoms with Crippen molar-refractivity contribution in [1.29, 1.82) is 0 Å². The Labute approximate surface area is 125 Å². The number of amides is 1. The first-order valence-corrected chi connectivity index (χ1v) is 7.49. The van der Waals surface area contributed by atoms with Crippen LogP contribution in [-0.4, -0.2) is 24.4 Å². The normalized spacial score (nSPS) is 11.8. The second-order valence-electron chi connectivity index (χ2n) is 5.60. The lowest BCUT2D eigenvalue weighted by atomic mass is 9.81. The molecule has 1 amide bonds. The molecular formula is C17H24N2O2. The summed E-state index contributed by atoms with van der Waals surface area (Å²) in [6.07, 6.45) is 1.51. The Morgan fingerprint density at radius 1 is 1.29 bits per heavy atom. The van der Waals surface area contributed by atoms with Crippen molar-refractivity contribution < 1.29 is 9.21 Å². The maximum absolute atomic E-state index is 12.7. The van der Waals surface area contributed by atoms with Gasteiger partial charge in [0.05, 0.1) is 12.0 Å². The van der Waals surface area contributed by atoms with E-state index in [1.165, 1.54) is 0 Å². The maximum Gasteiger partial charge on any atom is 0.230 e. The van der Waals surface area contributed by atoms with Crippen molar-refractivity contribution in [2.75, 3.05) is 13.6 Å². The molecule has 2 rings (SSSR count). The molecule has 0 fully saturated rings. The number of hydrogen-bond acceptors (Lipinski definition) is 3. The van der Waals surface area contributed by atoms with Gasteiger partial charge in [-0.25, -0.2) is 0 Å². The lowest BCUT2D eigenvalue weighted by molar-refractivity contribution is -0.141. The number of nitrogens with zero attached hydrogens (tertiary/aromatic N) is 1.